The number of carbonyl (C=O) groups excluding carboxylic acids is 1. The van der Waals surface area contributed by atoms with Crippen LogP contribution in [0.25, 0.3) is 0 Å². The molecule has 0 spiro atoms. The van der Waals surface area contributed by atoms with Gasteiger partial charge in [0.25, 0.3) is 0 Å². The molecule has 0 aromatic carbocycles. The zero-order valence-corrected chi connectivity index (χ0v) is 22.2. The molecule has 298 valence electrons. The molecule has 50 heavy (non-hydrogen) atoms. The standard InChI is InChI=1S/C19H9F27O4/c1-2-5(47)50-6(48)3-4-49-19(45,46)16(37,38)15(35,36)14(33,34)13(31,32)12(29,30)11(27,28)10(25,26)9(23,24)8(21,22)7(20,17(39,40)41)18(42,43)44/h2,6,48H,1,3-4H2. The number of carbonyl (C=O) groups is 1. The molecule has 0 bridgehead atoms. The summed E-state index contributed by atoms with van der Waals surface area (Å²) in [5.41, 5.74) is -9.26. The fraction of sp³-hybridized carbons (Fsp3) is 0.842. The molecule has 1 unspecified atom stereocenters. The van der Waals surface area contributed by atoms with Gasteiger partial charge in [-0.05, 0) is 0 Å². The van der Waals surface area contributed by atoms with Gasteiger partial charge >= 0.3 is 83.4 Å². The number of esters is 1. The molecule has 0 saturated heterocycles. The molecule has 0 heterocycles. The summed E-state index contributed by atoms with van der Waals surface area (Å²) >= 11 is 0. The number of rotatable bonds is 16. The zero-order chi connectivity index (χ0) is 41.2. The summed E-state index contributed by atoms with van der Waals surface area (Å²) in [6, 6.07) is 0. The highest BCUT2D eigenvalue weighted by atomic mass is 19.4. The van der Waals surface area contributed by atoms with E-state index in [0.29, 0.717) is 0 Å². The molecule has 0 aliphatic carbocycles. The lowest BCUT2D eigenvalue weighted by molar-refractivity contribution is -0.492. The predicted octanol–water partition coefficient (Wildman–Crippen LogP) is 8.58. The van der Waals surface area contributed by atoms with Gasteiger partial charge in [-0.15, -0.1) is 0 Å². The number of hydrogen-bond acceptors (Lipinski definition) is 4. The molecular formula is C19H9F27O4. The van der Waals surface area contributed by atoms with Gasteiger partial charge in [0, 0.05) is 12.5 Å². The van der Waals surface area contributed by atoms with E-state index in [1.54, 1.807) is 0 Å². The van der Waals surface area contributed by atoms with Crippen LogP contribution in [0.2, 0.25) is 0 Å². The summed E-state index contributed by atoms with van der Waals surface area (Å²) in [5, 5.41) is 8.99. The first-order valence-electron chi connectivity index (χ1n) is 11.1. The van der Waals surface area contributed by atoms with Crippen LogP contribution in [-0.2, 0) is 14.3 Å². The van der Waals surface area contributed by atoms with E-state index in [4.69, 9.17) is 5.11 Å². The average Bonchev–Trinajstić information content (AvgIpc) is 2.89. The van der Waals surface area contributed by atoms with E-state index < -0.39 is 103 Å². The maximum atomic E-state index is 13.9. The molecule has 31 heteroatoms. The third kappa shape index (κ3) is 6.33. The summed E-state index contributed by atoms with van der Waals surface area (Å²) in [4.78, 5) is 10.7. The van der Waals surface area contributed by atoms with Gasteiger partial charge < -0.3 is 14.6 Å². The van der Waals surface area contributed by atoms with Crippen molar-refractivity contribution in [2.45, 2.75) is 90.1 Å². The van der Waals surface area contributed by atoms with Crippen molar-refractivity contribution in [1.82, 2.24) is 0 Å². The monoisotopic (exact) mass is 814 g/mol. The summed E-state index contributed by atoms with van der Waals surface area (Å²) < 4.78 is 370. The number of aliphatic hydroxyl groups excluding tert-OH is 1. The van der Waals surface area contributed by atoms with Gasteiger partial charge in [-0.1, -0.05) is 6.58 Å². The van der Waals surface area contributed by atoms with Gasteiger partial charge in [0.1, 0.15) is 0 Å². The van der Waals surface area contributed by atoms with Crippen molar-refractivity contribution >= 4 is 5.97 Å². The van der Waals surface area contributed by atoms with Crippen LogP contribution >= 0.6 is 0 Å². The predicted molar refractivity (Wildman–Crippen MR) is 98.3 cm³/mol. The second-order valence-electron chi connectivity index (χ2n) is 9.07. The van der Waals surface area contributed by atoms with Crippen LogP contribution in [0.15, 0.2) is 12.7 Å². The first kappa shape index (κ1) is 47.2. The second-order valence-corrected chi connectivity index (χ2v) is 9.07. The molecule has 0 aliphatic heterocycles. The van der Waals surface area contributed by atoms with E-state index in [9.17, 15) is 123 Å². The number of hydrogen-bond donors (Lipinski definition) is 1. The molecule has 0 aromatic rings. The number of ether oxygens (including phenoxy) is 2. The number of aliphatic hydroxyl groups is 1. The first-order valence-corrected chi connectivity index (χ1v) is 11.1. The van der Waals surface area contributed by atoms with Crippen LogP contribution < -0.4 is 0 Å². The molecule has 0 aromatic heterocycles. The minimum Gasteiger partial charge on any atom is -0.433 e. The smallest absolute Gasteiger partial charge is 0.433 e. The second kappa shape index (κ2) is 12.7. The van der Waals surface area contributed by atoms with Gasteiger partial charge in [-0.3, -0.25) is 0 Å². The molecule has 0 fully saturated rings. The Balaban J connectivity index is 7.18. The maximum Gasteiger partial charge on any atom is 0.438 e. The van der Waals surface area contributed by atoms with Crippen molar-refractivity contribution in [3.63, 3.8) is 0 Å². The summed E-state index contributed by atoms with van der Waals surface area (Å²) in [5.74, 6) is -87.7. The molecule has 0 radical (unpaired) electrons. The number of halogens is 27. The lowest BCUT2D eigenvalue weighted by Gasteiger charge is -2.46. The van der Waals surface area contributed by atoms with Crippen molar-refractivity contribution in [2.24, 2.45) is 0 Å². The molecule has 0 saturated carbocycles. The first-order chi connectivity index (χ1) is 21.3. The lowest BCUT2D eigenvalue weighted by Crippen LogP contribution is -2.79. The van der Waals surface area contributed by atoms with Crippen LogP contribution in [0.4, 0.5) is 119 Å². The van der Waals surface area contributed by atoms with Crippen LogP contribution in [0, 0.1) is 0 Å². The topological polar surface area (TPSA) is 55.8 Å². The SMILES string of the molecule is C=CC(=O)OC(O)CCOC(F)(F)C(F)(F)C(F)(F)C(F)(F)C(F)(F)C(F)(F)C(F)(F)C(F)(F)C(F)(F)C(F)(F)C(F)(C(F)(F)F)C(F)(F)F. The van der Waals surface area contributed by atoms with Gasteiger partial charge in [0.2, 0.25) is 6.29 Å². The zero-order valence-electron chi connectivity index (χ0n) is 22.2. The van der Waals surface area contributed by atoms with Gasteiger partial charge in [0.15, 0.2) is 0 Å². The van der Waals surface area contributed by atoms with Crippen molar-refractivity contribution in [2.75, 3.05) is 6.61 Å². The molecule has 1 N–H and O–H groups in total. The molecule has 0 aliphatic rings. The Morgan fingerprint density at radius 1 is 0.500 bits per heavy atom. The van der Waals surface area contributed by atoms with E-state index in [1.807, 2.05) is 0 Å². The normalized spacial score (nSPS) is 16.7. The van der Waals surface area contributed by atoms with E-state index in [-0.39, 0.29) is 6.08 Å². The lowest BCUT2D eigenvalue weighted by atomic mass is 9.82. The Labute approximate surface area is 254 Å². The molecule has 0 rings (SSSR count). The highest BCUT2D eigenvalue weighted by molar-refractivity contribution is 5.81. The molecule has 1 atom stereocenters. The molecule has 4 nitrogen and oxygen atoms in total. The third-order valence-corrected chi connectivity index (χ3v) is 5.80. The van der Waals surface area contributed by atoms with Crippen LogP contribution in [0.1, 0.15) is 6.42 Å². The Morgan fingerprint density at radius 2 is 0.760 bits per heavy atom. The van der Waals surface area contributed by atoms with E-state index in [2.05, 4.69) is 16.1 Å². The number of alkyl halides is 27. The summed E-state index contributed by atoms with van der Waals surface area (Å²) in [7, 11) is 0. The van der Waals surface area contributed by atoms with Gasteiger partial charge in [-0.2, -0.15) is 114 Å². The minimum atomic E-state index is -9.90. The van der Waals surface area contributed by atoms with Crippen LogP contribution in [0.5, 0.6) is 0 Å². The molecule has 0 amide bonds. The van der Waals surface area contributed by atoms with Crippen LogP contribution in [-0.4, -0.2) is 101 Å². The largest absolute Gasteiger partial charge is 0.438 e. The summed E-state index contributed by atoms with van der Waals surface area (Å²) in [6.45, 7) is 0.227. The Morgan fingerprint density at radius 3 is 1.02 bits per heavy atom. The fourth-order valence-corrected chi connectivity index (χ4v) is 2.92. The molecular weight excluding hydrogens is 805 g/mol. The van der Waals surface area contributed by atoms with E-state index in [1.165, 1.54) is 0 Å². The average molecular weight is 814 g/mol. The van der Waals surface area contributed by atoms with Crippen molar-refractivity contribution in [3.8, 4) is 0 Å². The highest BCUT2D eigenvalue weighted by Crippen LogP contribution is 2.69. The van der Waals surface area contributed by atoms with Crippen molar-refractivity contribution in [3.05, 3.63) is 12.7 Å². The maximum absolute atomic E-state index is 13.9. The Kier molecular flexibility index (Phi) is 12.0. The quantitative estimate of drug-likeness (QED) is 0.0735. The van der Waals surface area contributed by atoms with Crippen molar-refractivity contribution in [1.29, 1.82) is 0 Å². The van der Waals surface area contributed by atoms with E-state index >= 15 is 0 Å². The van der Waals surface area contributed by atoms with Gasteiger partial charge in [-0.25, -0.2) is 9.18 Å². The van der Waals surface area contributed by atoms with Crippen LogP contribution in [0.3, 0.4) is 0 Å². The third-order valence-electron chi connectivity index (χ3n) is 5.80. The fourth-order valence-electron chi connectivity index (χ4n) is 2.92. The Bertz CT molecular complexity index is 1220. The highest BCUT2D eigenvalue weighted by Gasteiger charge is 3.01. The van der Waals surface area contributed by atoms with Crippen molar-refractivity contribution < 1.29 is 138 Å². The Hall–Kier alpha value is -2.76. The minimum absolute atomic E-state index is 0.191. The van der Waals surface area contributed by atoms with Gasteiger partial charge in [0.05, 0.1) is 6.61 Å². The summed E-state index contributed by atoms with van der Waals surface area (Å²) in [6.07, 6.45) is -29.3. The van der Waals surface area contributed by atoms with E-state index in [0.717, 1.165) is 0 Å².